The summed E-state index contributed by atoms with van der Waals surface area (Å²) in [7, 11) is 0. The van der Waals surface area contributed by atoms with Crippen molar-refractivity contribution in [1.29, 1.82) is 0 Å². The van der Waals surface area contributed by atoms with Crippen molar-refractivity contribution in [2.75, 3.05) is 13.2 Å². The first-order valence-electron chi connectivity index (χ1n) is 6.30. The minimum atomic E-state index is 0.136. The Balaban J connectivity index is 2.36. The van der Waals surface area contributed by atoms with E-state index in [0.29, 0.717) is 12.3 Å². The van der Waals surface area contributed by atoms with Gasteiger partial charge in [-0.2, -0.15) is 0 Å². The average Bonchev–Trinajstić information content (AvgIpc) is 2.64. The van der Waals surface area contributed by atoms with Crippen LogP contribution in [0.5, 0.6) is 0 Å². The molecule has 0 aromatic rings. The fourth-order valence-corrected chi connectivity index (χ4v) is 2.19. The second kappa shape index (κ2) is 5.67. The van der Waals surface area contributed by atoms with E-state index < -0.39 is 0 Å². The van der Waals surface area contributed by atoms with E-state index in [1.807, 2.05) is 0 Å². The highest BCUT2D eigenvalue weighted by molar-refractivity contribution is 5.76. The number of rotatable bonds is 4. The Bertz CT molecular complexity index is 227. The Morgan fingerprint density at radius 3 is 2.62 bits per heavy atom. The van der Waals surface area contributed by atoms with Gasteiger partial charge in [0.2, 0.25) is 5.91 Å². The molecule has 1 rings (SSSR count). The minimum Gasteiger partial charge on any atom is -0.381 e. The van der Waals surface area contributed by atoms with Crippen LogP contribution in [0, 0.1) is 11.3 Å². The molecule has 1 fully saturated rings. The van der Waals surface area contributed by atoms with Crippen molar-refractivity contribution in [2.24, 2.45) is 11.3 Å². The zero-order chi connectivity index (χ0) is 12.2. The highest BCUT2D eigenvalue weighted by Gasteiger charge is 2.26. The lowest BCUT2D eigenvalue weighted by atomic mass is 9.85. The summed E-state index contributed by atoms with van der Waals surface area (Å²) in [6.07, 6.45) is 2.63. The lowest BCUT2D eigenvalue weighted by molar-refractivity contribution is -0.123. The fourth-order valence-electron chi connectivity index (χ4n) is 2.19. The second-order valence-electron chi connectivity index (χ2n) is 5.83. The Kier molecular flexibility index (Phi) is 4.78. The summed E-state index contributed by atoms with van der Waals surface area (Å²) >= 11 is 0. The number of carbonyl (C=O) groups is 1. The minimum absolute atomic E-state index is 0.136. The molecule has 94 valence electrons. The van der Waals surface area contributed by atoms with Gasteiger partial charge < -0.3 is 10.1 Å². The summed E-state index contributed by atoms with van der Waals surface area (Å²) < 4.78 is 5.28. The topological polar surface area (TPSA) is 38.3 Å². The van der Waals surface area contributed by atoms with Gasteiger partial charge in [-0.1, -0.05) is 27.7 Å². The molecule has 1 aliphatic heterocycles. The molecule has 1 N–H and O–H groups in total. The quantitative estimate of drug-likeness (QED) is 0.800. The molecule has 0 unspecified atom stereocenters. The Hall–Kier alpha value is -0.570. The molecule has 3 heteroatoms. The van der Waals surface area contributed by atoms with Crippen molar-refractivity contribution < 1.29 is 9.53 Å². The Labute approximate surface area is 98.9 Å². The number of nitrogens with one attached hydrogen (secondary N) is 1. The molecule has 0 aliphatic carbocycles. The van der Waals surface area contributed by atoms with E-state index in [1.54, 1.807) is 0 Å². The molecule has 0 bridgehead atoms. The van der Waals surface area contributed by atoms with Crippen LogP contribution in [0.15, 0.2) is 0 Å². The lowest BCUT2D eigenvalue weighted by Crippen LogP contribution is -2.43. The third-order valence-corrected chi connectivity index (χ3v) is 3.29. The van der Waals surface area contributed by atoms with Crippen molar-refractivity contribution in [1.82, 2.24) is 5.32 Å². The smallest absolute Gasteiger partial charge is 0.220 e. The number of hydrogen-bond donors (Lipinski definition) is 1. The number of carbonyl (C=O) groups excluding carboxylic acids is 1. The summed E-state index contributed by atoms with van der Waals surface area (Å²) in [5, 5.41) is 3.14. The molecule has 3 nitrogen and oxygen atoms in total. The molecule has 1 amide bonds. The van der Waals surface area contributed by atoms with Crippen LogP contribution in [-0.4, -0.2) is 25.2 Å². The molecule has 16 heavy (non-hydrogen) atoms. The van der Waals surface area contributed by atoms with E-state index in [9.17, 15) is 4.79 Å². The van der Waals surface area contributed by atoms with Crippen molar-refractivity contribution >= 4 is 5.91 Å². The molecule has 0 aromatic carbocycles. The maximum absolute atomic E-state index is 11.8. The van der Waals surface area contributed by atoms with Gasteiger partial charge >= 0.3 is 0 Å². The van der Waals surface area contributed by atoms with E-state index in [4.69, 9.17) is 4.74 Å². The van der Waals surface area contributed by atoms with Gasteiger partial charge in [0, 0.05) is 25.7 Å². The molecule has 1 heterocycles. The van der Waals surface area contributed by atoms with Crippen LogP contribution >= 0.6 is 0 Å². The van der Waals surface area contributed by atoms with Gasteiger partial charge in [0.25, 0.3) is 0 Å². The SMILES string of the molecule is CC[C@@H](NC(=O)C[C@H]1CCOC1)C(C)(C)C. The van der Waals surface area contributed by atoms with E-state index >= 15 is 0 Å². The molecule has 0 radical (unpaired) electrons. The van der Waals surface area contributed by atoms with Gasteiger partial charge in [0.05, 0.1) is 0 Å². The number of amides is 1. The van der Waals surface area contributed by atoms with E-state index in [-0.39, 0.29) is 17.4 Å². The molecule has 1 aliphatic rings. The van der Waals surface area contributed by atoms with Crippen LogP contribution in [0.25, 0.3) is 0 Å². The number of ether oxygens (including phenoxy) is 1. The third-order valence-electron chi connectivity index (χ3n) is 3.29. The van der Waals surface area contributed by atoms with Gasteiger partial charge in [-0.15, -0.1) is 0 Å². The Morgan fingerprint density at radius 2 is 2.19 bits per heavy atom. The van der Waals surface area contributed by atoms with Crippen LogP contribution in [-0.2, 0) is 9.53 Å². The first kappa shape index (κ1) is 13.5. The largest absolute Gasteiger partial charge is 0.381 e. The van der Waals surface area contributed by atoms with E-state index in [2.05, 4.69) is 33.0 Å². The van der Waals surface area contributed by atoms with Crippen molar-refractivity contribution in [3.05, 3.63) is 0 Å². The van der Waals surface area contributed by atoms with Crippen LogP contribution < -0.4 is 5.32 Å². The number of hydrogen-bond acceptors (Lipinski definition) is 2. The van der Waals surface area contributed by atoms with Crippen LogP contribution in [0.4, 0.5) is 0 Å². The first-order chi connectivity index (χ1) is 7.43. The van der Waals surface area contributed by atoms with Gasteiger partial charge in [0.15, 0.2) is 0 Å². The second-order valence-corrected chi connectivity index (χ2v) is 5.83. The molecule has 1 saturated heterocycles. The highest BCUT2D eigenvalue weighted by Crippen LogP contribution is 2.22. The lowest BCUT2D eigenvalue weighted by Gasteiger charge is -2.31. The highest BCUT2D eigenvalue weighted by atomic mass is 16.5. The molecule has 0 aromatic heterocycles. The predicted molar refractivity (Wildman–Crippen MR) is 65.2 cm³/mol. The van der Waals surface area contributed by atoms with Crippen molar-refractivity contribution in [3.8, 4) is 0 Å². The molecule has 2 atom stereocenters. The Morgan fingerprint density at radius 1 is 1.50 bits per heavy atom. The van der Waals surface area contributed by atoms with Crippen LogP contribution in [0.2, 0.25) is 0 Å². The third kappa shape index (κ3) is 4.12. The normalized spacial score (nSPS) is 23.1. The van der Waals surface area contributed by atoms with E-state index in [0.717, 1.165) is 26.1 Å². The summed E-state index contributed by atoms with van der Waals surface area (Å²) in [6.45, 7) is 10.2. The van der Waals surface area contributed by atoms with Gasteiger partial charge in [-0.3, -0.25) is 4.79 Å². The molecular formula is C13H25NO2. The van der Waals surface area contributed by atoms with Gasteiger partial charge in [0.1, 0.15) is 0 Å². The summed E-state index contributed by atoms with van der Waals surface area (Å²) in [4.78, 5) is 11.8. The maximum Gasteiger partial charge on any atom is 0.220 e. The van der Waals surface area contributed by atoms with E-state index in [1.165, 1.54) is 0 Å². The summed E-state index contributed by atoms with van der Waals surface area (Å²) in [6, 6.07) is 0.266. The molecule has 0 saturated carbocycles. The average molecular weight is 227 g/mol. The van der Waals surface area contributed by atoms with Crippen molar-refractivity contribution in [2.45, 2.75) is 53.0 Å². The van der Waals surface area contributed by atoms with Gasteiger partial charge in [-0.25, -0.2) is 0 Å². The monoisotopic (exact) mass is 227 g/mol. The standard InChI is InChI=1S/C13H25NO2/c1-5-11(13(2,3)4)14-12(15)8-10-6-7-16-9-10/h10-11H,5-9H2,1-4H3,(H,14,15)/t10-,11-/m1/s1. The summed E-state index contributed by atoms with van der Waals surface area (Å²) in [5.74, 6) is 0.606. The predicted octanol–water partition coefficient (Wildman–Crippen LogP) is 2.35. The zero-order valence-corrected chi connectivity index (χ0v) is 11.0. The van der Waals surface area contributed by atoms with Crippen molar-refractivity contribution in [3.63, 3.8) is 0 Å². The molecule has 0 spiro atoms. The first-order valence-corrected chi connectivity index (χ1v) is 6.30. The summed E-state index contributed by atoms with van der Waals surface area (Å²) in [5.41, 5.74) is 0.136. The van der Waals surface area contributed by atoms with Gasteiger partial charge in [-0.05, 0) is 24.2 Å². The maximum atomic E-state index is 11.8. The zero-order valence-electron chi connectivity index (χ0n) is 11.0. The molecular weight excluding hydrogens is 202 g/mol. The van der Waals surface area contributed by atoms with Crippen LogP contribution in [0.3, 0.4) is 0 Å². The van der Waals surface area contributed by atoms with Crippen LogP contribution in [0.1, 0.15) is 47.0 Å². The fraction of sp³-hybridized carbons (Fsp3) is 0.923.